The molecule has 1 heterocycles. The minimum atomic E-state index is -1.43. The molecule has 1 aliphatic rings. The van der Waals surface area contributed by atoms with E-state index in [0.717, 1.165) is 6.07 Å². The van der Waals surface area contributed by atoms with Crippen molar-refractivity contribution in [2.45, 2.75) is 5.92 Å². The number of amidine groups is 1. The van der Waals surface area contributed by atoms with Crippen LogP contribution in [0.4, 0.5) is 5.69 Å². The van der Waals surface area contributed by atoms with Crippen molar-refractivity contribution in [1.29, 1.82) is 0 Å². The summed E-state index contributed by atoms with van der Waals surface area (Å²) >= 11 is 0. The first-order valence-corrected chi connectivity index (χ1v) is 7.11. The largest absolute Gasteiger partial charge is 0.481 e. The summed E-state index contributed by atoms with van der Waals surface area (Å²) in [5, 5.41) is 30.2. The third-order valence-electron chi connectivity index (χ3n) is 3.83. The predicted octanol–water partition coefficient (Wildman–Crippen LogP) is 0.608. The van der Waals surface area contributed by atoms with Crippen LogP contribution in [-0.2, 0) is 9.59 Å². The van der Waals surface area contributed by atoms with Crippen molar-refractivity contribution >= 4 is 23.5 Å². The second kappa shape index (κ2) is 6.59. The van der Waals surface area contributed by atoms with Crippen LogP contribution in [0.5, 0.6) is 0 Å². The van der Waals surface area contributed by atoms with Gasteiger partial charge in [0.2, 0.25) is 0 Å². The van der Waals surface area contributed by atoms with E-state index in [1.54, 1.807) is 14.1 Å². The summed E-state index contributed by atoms with van der Waals surface area (Å²) in [6.07, 6.45) is 0. The third-order valence-corrected chi connectivity index (χ3v) is 3.83. The lowest BCUT2D eigenvalue weighted by Crippen LogP contribution is -2.43. The molecular formula is C15H16N4O6. The van der Waals surface area contributed by atoms with Gasteiger partial charge in [0.05, 0.1) is 10.5 Å². The quantitative estimate of drug-likeness (QED) is 0.527. The normalized spacial score (nSPS) is 20.0. The number of carboxylic acids is 2. The zero-order valence-electron chi connectivity index (χ0n) is 13.4. The van der Waals surface area contributed by atoms with Gasteiger partial charge in [-0.2, -0.15) is 0 Å². The minimum Gasteiger partial charge on any atom is -0.481 e. The molecule has 1 aliphatic heterocycles. The molecule has 10 heteroatoms. The van der Waals surface area contributed by atoms with Gasteiger partial charge in [0.1, 0.15) is 17.6 Å². The lowest BCUT2D eigenvalue weighted by atomic mass is 9.77. The van der Waals surface area contributed by atoms with E-state index >= 15 is 0 Å². The van der Waals surface area contributed by atoms with Crippen molar-refractivity contribution < 1.29 is 24.7 Å². The van der Waals surface area contributed by atoms with E-state index in [2.05, 4.69) is 4.99 Å². The van der Waals surface area contributed by atoms with Crippen molar-refractivity contribution in [3.63, 3.8) is 0 Å². The van der Waals surface area contributed by atoms with E-state index in [0.29, 0.717) is 0 Å². The lowest BCUT2D eigenvalue weighted by Gasteiger charge is -2.33. The van der Waals surface area contributed by atoms with Crippen molar-refractivity contribution in [2.75, 3.05) is 14.1 Å². The molecular weight excluding hydrogens is 332 g/mol. The minimum absolute atomic E-state index is 0.0616. The molecule has 0 aromatic heterocycles. The molecule has 0 fully saturated rings. The van der Waals surface area contributed by atoms with Gasteiger partial charge >= 0.3 is 11.9 Å². The van der Waals surface area contributed by atoms with Crippen LogP contribution < -0.4 is 5.73 Å². The molecule has 25 heavy (non-hydrogen) atoms. The van der Waals surface area contributed by atoms with E-state index in [1.807, 2.05) is 0 Å². The topological polar surface area (TPSA) is 159 Å². The van der Waals surface area contributed by atoms with Gasteiger partial charge in [-0.25, -0.2) is 9.79 Å². The Hall–Kier alpha value is -3.43. The number of aliphatic carboxylic acids is 2. The number of nitro benzene ring substituents is 1. The molecule has 2 atom stereocenters. The number of carbonyl (C=O) groups is 2. The fraction of sp³-hybridized carbons (Fsp3) is 0.267. The number of carboxylic acid groups (broad SMARTS) is 2. The Morgan fingerprint density at radius 1 is 1.32 bits per heavy atom. The number of nitro groups is 1. The first-order chi connectivity index (χ1) is 11.6. The molecule has 0 amide bonds. The molecule has 4 N–H and O–H groups in total. The highest BCUT2D eigenvalue weighted by Gasteiger charge is 2.44. The fourth-order valence-corrected chi connectivity index (χ4v) is 2.79. The monoisotopic (exact) mass is 348 g/mol. The maximum atomic E-state index is 11.8. The second-order valence-corrected chi connectivity index (χ2v) is 5.61. The Morgan fingerprint density at radius 2 is 1.96 bits per heavy atom. The van der Waals surface area contributed by atoms with E-state index in [4.69, 9.17) is 5.73 Å². The third kappa shape index (κ3) is 3.27. The lowest BCUT2D eigenvalue weighted by molar-refractivity contribution is -0.384. The highest BCUT2D eigenvalue weighted by molar-refractivity contribution is 6.06. The maximum Gasteiger partial charge on any atom is 0.335 e. The standard InChI is InChI=1S/C15H16N4O6/c1-18(2)13-11(15(22)23)9(10(14(20)21)12(16)17-13)7-4-3-5-8(6-7)19(24)25/h3-6,9,11H,16H2,1-2H3,(H,20,21)(H,22,23). The summed E-state index contributed by atoms with van der Waals surface area (Å²) in [5.74, 6) is -5.58. The molecule has 2 rings (SSSR count). The number of benzene rings is 1. The van der Waals surface area contributed by atoms with Crippen LogP contribution in [0.15, 0.2) is 40.7 Å². The Morgan fingerprint density at radius 3 is 2.44 bits per heavy atom. The molecule has 132 valence electrons. The predicted molar refractivity (Wildman–Crippen MR) is 86.9 cm³/mol. The van der Waals surface area contributed by atoms with E-state index in [1.165, 1.54) is 23.1 Å². The van der Waals surface area contributed by atoms with E-state index in [9.17, 15) is 29.9 Å². The smallest absolute Gasteiger partial charge is 0.335 e. The van der Waals surface area contributed by atoms with Gasteiger partial charge in [-0.1, -0.05) is 12.1 Å². The summed E-state index contributed by atoms with van der Waals surface area (Å²) in [6.45, 7) is 0. The number of nitrogens with zero attached hydrogens (tertiary/aromatic N) is 3. The first kappa shape index (κ1) is 17.9. The first-order valence-electron chi connectivity index (χ1n) is 7.11. The average molecular weight is 348 g/mol. The number of hydrogen-bond donors (Lipinski definition) is 3. The molecule has 0 saturated heterocycles. The summed E-state index contributed by atoms with van der Waals surface area (Å²) in [5.41, 5.74) is 5.23. The van der Waals surface area contributed by atoms with Gasteiger partial charge in [-0.3, -0.25) is 14.9 Å². The Kier molecular flexibility index (Phi) is 4.72. The number of hydrogen-bond acceptors (Lipinski definition) is 7. The summed E-state index contributed by atoms with van der Waals surface area (Å²) in [7, 11) is 3.11. The molecule has 0 spiro atoms. The molecule has 1 aromatic carbocycles. The zero-order chi connectivity index (χ0) is 18.9. The Bertz CT molecular complexity index is 814. The average Bonchev–Trinajstić information content (AvgIpc) is 2.52. The van der Waals surface area contributed by atoms with Gasteiger partial charge in [0, 0.05) is 32.1 Å². The number of nitrogens with two attached hydrogens (primary N) is 1. The second-order valence-electron chi connectivity index (χ2n) is 5.61. The Balaban J connectivity index is 2.75. The Labute approximate surface area is 142 Å². The van der Waals surface area contributed by atoms with Gasteiger partial charge in [-0.15, -0.1) is 0 Å². The molecule has 0 aliphatic carbocycles. The summed E-state index contributed by atoms with van der Waals surface area (Å²) in [4.78, 5) is 39.2. The van der Waals surface area contributed by atoms with Crippen LogP contribution in [0.3, 0.4) is 0 Å². The maximum absolute atomic E-state index is 11.8. The molecule has 0 bridgehead atoms. The van der Waals surface area contributed by atoms with Crippen LogP contribution in [0, 0.1) is 16.0 Å². The molecule has 1 aromatic rings. The SMILES string of the molecule is CN(C)C1=NC(N)=C(C(=O)O)C(c2cccc([N+](=O)[O-])c2)C1C(=O)O. The van der Waals surface area contributed by atoms with E-state index < -0.39 is 34.3 Å². The molecule has 2 unspecified atom stereocenters. The van der Waals surface area contributed by atoms with Crippen molar-refractivity contribution in [1.82, 2.24) is 4.90 Å². The van der Waals surface area contributed by atoms with Crippen LogP contribution in [0.25, 0.3) is 0 Å². The summed E-state index contributed by atoms with van der Waals surface area (Å²) < 4.78 is 0. The molecule has 10 nitrogen and oxygen atoms in total. The number of aliphatic imine (C=N–C) groups is 1. The van der Waals surface area contributed by atoms with Crippen molar-refractivity contribution in [2.24, 2.45) is 16.6 Å². The molecule has 0 radical (unpaired) electrons. The summed E-state index contributed by atoms with van der Waals surface area (Å²) in [6, 6.07) is 5.18. The highest BCUT2D eigenvalue weighted by Crippen LogP contribution is 2.39. The van der Waals surface area contributed by atoms with Crippen LogP contribution >= 0.6 is 0 Å². The van der Waals surface area contributed by atoms with Crippen LogP contribution in [0.2, 0.25) is 0 Å². The van der Waals surface area contributed by atoms with Gasteiger partial charge < -0.3 is 20.8 Å². The van der Waals surface area contributed by atoms with Crippen LogP contribution in [0.1, 0.15) is 11.5 Å². The van der Waals surface area contributed by atoms with Crippen LogP contribution in [-0.4, -0.2) is 51.9 Å². The number of non-ortho nitro benzene ring substituents is 1. The molecule has 0 saturated carbocycles. The van der Waals surface area contributed by atoms with E-state index in [-0.39, 0.29) is 22.9 Å². The van der Waals surface area contributed by atoms with Gasteiger partial charge in [-0.05, 0) is 5.56 Å². The van der Waals surface area contributed by atoms with Gasteiger partial charge in [0.15, 0.2) is 0 Å². The van der Waals surface area contributed by atoms with Crippen molar-refractivity contribution in [3.8, 4) is 0 Å². The van der Waals surface area contributed by atoms with Gasteiger partial charge in [0.25, 0.3) is 5.69 Å². The van der Waals surface area contributed by atoms with Crippen molar-refractivity contribution in [3.05, 3.63) is 51.3 Å². The fourth-order valence-electron chi connectivity index (χ4n) is 2.79. The highest BCUT2D eigenvalue weighted by atomic mass is 16.6. The zero-order valence-corrected chi connectivity index (χ0v) is 13.4. The number of rotatable bonds is 4.